The molecular weight excluding hydrogens is 139 g/mol. The summed E-state index contributed by atoms with van der Waals surface area (Å²) in [4.78, 5) is 0. The molecule has 0 bridgehead atoms. The molecule has 1 atom stereocenters. The largest absolute Gasteiger partial charge is 0.234 e. The smallest absolute Gasteiger partial charge is 0.152 e. The van der Waals surface area contributed by atoms with Crippen LogP contribution in [0.2, 0.25) is 0 Å². The molecule has 0 aromatic heterocycles. The summed E-state index contributed by atoms with van der Waals surface area (Å²) < 4.78 is 13.6. The van der Waals surface area contributed by atoms with Crippen LogP contribution >= 0.6 is 0 Å². The predicted molar refractivity (Wildman–Crippen MR) is 44.0 cm³/mol. The van der Waals surface area contributed by atoms with E-state index in [0.717, 1.165) is 11.1 Å². The minimum atomic E-state index is -1.27. The van der Waals surface area contributed by atoms with Gasteiger partial charge in [0.1, 0.15) is 0 Å². The van der Waals surface area contributed by atoms with E-state index >= 15 is 0 Å². The zero-order valence-corrected chi connectivity index (χ0v) is 6.34. The van der Waals surface area contributed by atoms with E-state index in [1.54, 1.807) is 19.1 Å². The van der Waals surface area contributed by atoms with Gasteiger partial charge in [0.05, 0.1) is 0 Å². The monoisotopic (exact) mass is 148 g/mol. The topological polar surface area (TPSA) is 0 Å². The lowest BCUT2D eigenvalue weighted by Crippen LogP contribution is -2.19. The van der Waals surface area contributed by atoms with Crippen LogP contribution in [0.4, 0.5) is 4.39 Å². The van der Waals surface area contributed by atoms with Gasteiger partial charge < -0.3 is 0 Å². The second-order valence-corrected chi connectivity index (χ2v) is 3.00. The molecular formula is C10H9F. The molecule has 0 aliphatic heterocycles. The van der Waals surface area contributed by atoms with Gasteiger partial charge in [-0.3, -0.25) is 0 Å². The van der Waals surface area contributed by atoms with Gasteiger partial charge in [-0.25, -0.2) is 4.39 Å². The molecule has 2 aliphatic rings. The minimum Gasteiger partial charge on any atom is -0.234 e. The van der Waals surface area contributed by atoms with Crippen LogP contribution in [-0.4, -0.2) is 5.67 Å². The molecule has 0 radical (unpaired) electrons. The second-order valence-electron chi connectivity index (χ2n) is 3.00. The van der Waals surface area contributed by atoms with Gasteiger partial charge >= 0.3 is 0 Å². The van der Waals surface area contributed by atoms with Crippen LogP contribution in [0.3, 0.4) is 0 Å². The summed E-state index contributed by atoms with van der Waals surface area (Å²) in [7, 11) is 0. The first-order valence-corrected chi connectivity index (χ1v) is 3.68. The van der Waals surface area contributed by atoms with Crippen LogP contribution in [-0.2, 0) is 0 Å². The molecule has 0 nitrogen and oxygen atoms in total. The first-order chi connectivity index (χ1) is 5.20. The Bertz CT molecular complexity index is 301. The van der Waals surface area contributed by atoms with Gasteiger partial charge in [0.2, 0.25) is 0 Å². The van der Waals surface area contributed by atoms with Crippen molar-refractivity contribution in [3.8, 4) is 0 Å². The fourth-order valence-electron chi connectivity index (χ4n) is 1.45. The number of halogens is 1. The molecule has 0 saturated carbocycles. The highest BCUT2D eigenvalue weighted by atomic mass is 19.1. The summed E-state index contributed by atoms with van der Waals surface area (Å²) >= 11 is 0. The molecule has 0 heterocycles. The zero-order valence-electron chi connectivity index (χ0n) is 6.34. The van der Waals surface area contributed by atoms with Gasteiger partial charge in [0, 0.05) is 0 Å². The average molecular weight is 148 g/mol. The summed E-state index contributed by atoms with van der Waals surface area (Å²) in [5.41, 5.74) is 0.505. The Morgan fingerprint density at radius 3 is 2.82 bits per heavy atom. The zero-order chi connectivity index (χ0) is 7.90. The Kier molecular flexibility index (Phi) is 1.16. The lowest BCUT2D eigenvalue weighted by molar-refractivity contribution is 0.312. The Morgan fingerprint density at radius 1 is 1.27 bits per heavy atom. The molecule has 1 unspecified atom stereocenters. The van der Waals surface area contributed by atoms with Gasteiger partial charge in [0.15, 0.2) is 5.67 Å². The van der Waals surface area contributed by atoms with Crippen molar-refractivity contribution in [1.82, 2.24) is 0 Å². The summed E-state index contributed by atoms with van der Waals surface area (Å²) in [5.74, 6) is 0. The molecule has 56 valence electrons. The molecule has 0 N–H and O–H groups in total. The van der Waals surface area contributed by atoms with Crippen LogP contribution < -0.4 is 0 Å². The SMILES string of the molecule is CC1(F)C=CC=C2C=CC=C21. The molecule has 11 heavy (non-hydrogen) atoms. The third kappa shape index (κ3) is 0.881. The number of alkyl halides is 1. The number of hydrogen-bond acceptors (Lipinski definition) is 0. The van der Waals surface area contributed by atoms with E-state index in [9.17, 15) is 4.39 Å². The van der Waals surface area contributed by atoms with E-state index in [0.29, 0.717) is 0 Å². The van der Waals surface area contributed by atoms with Crippen molar-refractivity contribution in [3.05, 3.63) is 47.6 Å². The standard InChI is InChI=1S/C10H9F/c1-10(11)7-3-5-8-4-2-6-9(8)10/h2-7H,1H3. The molecule has 0 amide bonds. The third-order valence-electron chi connectivity index (χ3n) is 2.06. The first-order valence-electron chi connectivity index (χ1n) is 3.68. The van der Waals surface area contributed by atoms with Crippen LogP contribution in [0.15, 0.2) is 47.6 Å². The van der Waals surface area contributed by atoms with Crippen molar-refractivity contribution >= 4 is 0 Å². The molecule has 2 aliphatic carbocycles. The van der Waals surface area contributed by atoms with E-state index in [-0.39, 0.29) is 0 Å². The molecule has 0 spiro atoms. The summed E-state index contributed by atoms with van der Waals surface area (Å²) in [6.07, 6.45) is 10.9. The van der Waals surface area contributed by atoms with Crippen molar-refractivity contribution in [2.75, 3.05) is 0 Å². The third-order valence-corrected chi connectivity index (χ3v) is 2.06. The Balaban J connectivity index is 2.51. The van der Waals surface area contributed by atoms with Gasteiger partial charge in [0.25, 0.3) is 0 Å². The quantitative estimate of drug-likeness (QED) is 0.495. The van der Waals surface area contributed by atoms with E-state index in [4.69, 9.17) is 0 Å². The van der Waals surface area contributed by atoms with Gasteiger partial charge in [-0.2, -0.15) is 0 Å². The number of hydrogen-bond donors (Lipinski definition) is 0. The molecule has 0 saturated heterocycles. The Hall–Kier alpha value is -1.11. The predicted octanol–water partition coefficient (Wildman–Crippen LogP) is 2.71. The maximum Gasteiger partial charge on any atom is 0.152 e. The minimum absolute atomic E-state index is 0.778. The number of rotatable bonds is 0. The van der Waals surface area contributed by atoms with Gasteiger partial charge in [-0.05, 0) is 24.1 Å². The average Bonchev–Trinajstić information content (AvgIpc) is 2.34. The Labute approximate surface area is 65.4 Å². The molecule has 1 heteroatoms. The van der Waals surface area contributed by atoms with Crippen LogP contribution in [0, 0.1) is 0 Å². The van der Waals surface area contributed by atoms with Gasteiger partial charge in [-0.15, -0.1) is 0 Å². The summed E-state index contributed by atoms with van der Waals surface area (Å²) in [5, 5.41) is 0. The molecule has 0 aromatic carbocycles. The van der Waals surface area contributed by atoms with Crippen LogP contribution in [0.1, 0.15) is 6.92 Å². The van der Waals surface area contributed by atoms with Crippen molar-refractivity contribution in [3.63, 3.8) is 0 Å². The maximum atomic E-state index is 13.6. The fraction of sp³-hybridized carbons (Fsp3) is 0.200. The van der Waals surface area contributed by atoms with E-state index in [1.807, 2.05) is 24.3 Å². The first kappa shape index (κ1) is 6.59. The normalized spacial score (nSPS) is 33.3. The number of allylic oxidation sites excluding steroid dienone is 8. The lowest BCUT2D eigenvalue weighted by Gasteiger charge is -2.21. The lowest BCUT2D eigenvalue weighted by atomic mass is 9.89. The summed E-state index contributed by atoms with van der Waals surface area (Å²) in [6, 6.07) is 0. The van der Waals surface area contributed by atoms with Crippen molar-refractivity contribution in [1.29, 1.82) is 0 Å². The Morgan fingerprint density at radius 2 is 2.09 bits per heavy atom. The molecule has 2 rings (SSSR count). The molecule has 0 aromatic rings. The number of fused-ring (bicyclic) bond motifs is 1. The van der Waals surface area contributed by atoms with E-state index in [1.165, 1.54) is 0 Å². The summed E-state index contributed by atoms with van der Waals surface area (Å²) in [6.45, 7) is 1.58. The van der Waals surface area contributed by atoms with Crippen LogP contribution in [0.25, 0.3) is 0 Å². The maximum absolute atomic E-state index is 13.6. The van der Waals surface area contributed by atoms with Crippen LogP contribution in [0.5, 0.6) is 0 Å². The van der Waals surface area contributed by atoms with Crippen molar-refractivity contribution < 1.29 is 4.39 Å². The van der Waals surface area contributed by atoms with Crippen molar-refractivity contribution in [2.45, 2.75) is 12.6 Å². The second kappa shape index (κ2) is 1.94. The highest BCUT2D eigenvalue weighted by molar-refractivity contribution is 5.57. The van der Waals surface area contributed by atoms with Gasteiger partial charge in [-0.1, -0.05) is 30.4 Å². The van der Waals surface area contributed by atoms with E-state index in [2.05, 4.69) is 0 Å². The highest BCUT2D eigenvalue weighted by Gasteiger charge is 2.29. The fourth-order valence-corrected chi connectivity index (χ4v) is 1.45. The molecule has 0 fully saturated rings. The van der Waals surface area contributed by atoms with E-state index < -0.39 is 5.67 Å². The highest BCUT2D eigenvalue weighted by Crippen LogP contribution is 2.35. The van der Waals surface area contributed by atoms with Crippen molar-refractivity contribution in [2.24, 2.45) is 0 Å².